The zero-order valence-electron chi connectivity index (χ0n) is 17.8. The van der Waals surface area contributed by atoms with Crippen LogP contribution in [0.1, 0.15) is 98.5 Å². The smallest absolute Gasteiger partial charge is 0.325 e. The van der Waals surface area contributed by atoms with Crippen LogP contribution in [0, 0.1) is 5.92 Å². The fourth-order valence-corrected chi connectivity index (χ4v) is 5.91. The molecule has 5 nitrogen and oxygen atoms in total. The lowest BCUT2D eigenvalue weighted by Crippen LogP contribution is -2.40. The average molecular weight is 444 g/mol. The molecule has 0 amide bonds. The summed E-state index contributed by atoms with van der Waals surface area (Å²) in [5.74, 6) is 1.12. The van der Waals surface area contributed by atoms with E-state index in [0.717, 1.165) is 34.9 Å². The van der Waals surface area contributed by atoms with Gasteiger partial charge in [-0.1, -0.05) is 51.9 Å². The molecule has 0 spiro atoms. The first-order valence-electron chi connectivity index (χ1n) is 11.2. The molecule has 4 N–H and O–H groups in total. The summed E-state index contributed by atoms with van der Waals surface area (Å²) >= 11 is 1.54. The first-order chi connectivity index (χ1) is 13.7. The number of unbranched alkanes of at least 4 members (excludes halogenated alkanes) is 1. The van der Waals surface area contributed by atoms with Gasteiger partial charge >= 0.3 is 7.60 Å². The second-order valence-corrected chi connectivity index (χ2v) is 11.7. The molecule has 1 unspecified atom stereocenters. The highest BCUT2D eigenvalue weighted by atomic mass is 32.1. The van der Waals surface area contributed by atoms with Crippen molar-refractivity contribution in [2.45, 2.75) is 95.9 Å². The van der Waals surface area contributed by atoms with Gasteiger partial charge in [-0.15, -0.1) is 11.3 Å². The average Bonchev–Trinajstić information content (AvgIpc) is 3.18. The van der Waals surface area contributed by atoms with E-state index in [9.17, 15) is 9.36 Å². The van der Waals surface area contributed by atoms with Crippen molar-refractivity contribution in [3.8, 4) is 0 Å². The van der Waals surface area contributed by atoms with Crippen LogP contribution in [0.2, 0.25) is 0 Å². The van der Waals surface area contributed by atoms with Gasteiger partial charge in [0.1, 0.15) is 0 Å². The summed E-state index contributed by atoms with van der Waals surface area (Å²) in [4.78, 5) is 32.6. The standard InChI is InChI=1S/C22H38NO4PS/c1-2-22(23,16-17-28(25,26)27)15-14-19-12-13-21(29-19)20(24)11-7-6-10-18-8-4-3-5-9-18/h12-13,18H,2-11,14-17,23H2,1H3,(H2,25,26,27). The lowest BCUT2D eigenvalue weighted by Gasteiger charge is -2.28. The Morgan fingerprint density at radius 1 is 1.21 bits per heavy atom. The summed E-state index contributed by atoms with van der Waals surface area (Å²) < 4.78 is 11.1. The number of thiophene rings is 1. The Bertz CT molecular complexity index is 680. The Morgan fingerprint density at radius 2 is 1.93 bits per heavy atom. The Kier molecular flexibility index (Phi) is 10.0. The Hall–Kier alpha value is -0.520. The number of hydrogen-bond acceptors (Lipinski definition) is 4. The van der Waals surface area contributed by atoms with Gasteiger partial charge in [-0.05, 0) is 50.2 Å². The lowest BCUT2D eigenvalue weighted by molar-refractivity contribution is 0.0982. The van der Waals surface area contributed by atoms with Crippen molar-refractivity contribution in [1.29, 1.82) is 0 Å². The number of Topliss-reactive ketones (excluding diaryl/α,β-unsaturated/α-hetero) is 1. The van der Waals surface area contributed by atoms with Crippen LogP contribution < -0.4 is 5.73 Å². The number of ketones is 1. The normalized spacial score (nSPS) is 17.9. The highest BCUT2D eigenvalue weighted by Gasteiger charge is 2.27. The van der Waals surface area contributed by atoms with E-state index in [4.69, 9.17) is 15.5 Å². The molecule has 0 saturated heterocycles. The summed E-state index contributed by atoms with van der Waals surface area (Å²) in [6.45, 7) is 1.95. The quantitative estimate of drug-likeness (QED) is 0.207. The minimum Gasteiger partial charge on any atom is -0.325 e. The fourth-order valence-electron chi connectivity index (χ4n) is 4.20. The number of hydrogen-bond donors (Lipinski definition) is 3. The summed E-state index contributed by atoms with van der Waals surface area (Å²) in [7, 11) is -4.03. The molecule has 7 heteroatoms. The Morgan fingerprint density at radius 3 is 2.59 bits per heavy atom. The van der Waals surface area contributed by atoms with Gasteiger partial charge in [0.2, 0.25) is 0 Å². The molecule has 1 aromatic rings. The van der Waals surface area contributed by atoms with Crippen LogP contribution in [-0.4, -0.2) is 27.3 Å². The Labute approximate surface area is 179 Å². The fraction of sp³-hybridized carbons (Fsp3) is 0.773. The maximum absolute atomic E-state index is 12.5. The monoisotopic (exact) mass is 443 g/mol. The minimum absolute atomic E-state index is 0.174. The molecule has 0 aliphatic heterocycles. The van der Waals surface area contributed by atoms with Gasteiger partial charge < -0.3 is 15.5 Å². The van der Waals surface area contributed by atoms with Crippen LogP contribution in [-0.2, 0) is 11.0 Å². The van der Waals surface area contributed by atoms with Crippen LogP contribution >= 0.6 is 18.9 Å². The first kappa shape index (κ1) is 24.7. The van der Waals surface area contributed by atoms with E-state index >= 15 is 0 Å². The molecule has 1 heterocycles. The van der Waals surface area contributed by atoms with Gasteiger partial charge in [0, 0.05) is 16.8 Å². The van der Waals surface area contributed by atoms with E-state index in [1.165, 1.54) is 38.5 Å². The van der Waals surface area contributed by atoms with E-state index in [0.29, 0.717) is 25.7 Å². The molecular weight excluding hydrogens is 405 g/mol. The molecule has 2 rings (SSSR count). The number of carbonyl (C=O) groups excluding carboxylic acids is 1. The lowest BCUT2D eigenvalue weighted by atomic mass is 9.85. The summed E-state index contributed by atoms with van der Waals surface area (Å²) in [5, 5.41) is 0. The van der Waals surface area contributed by atoms with E-state index < -0.39 is 13.1 Å². The number of carbonyl (C=O) groups is 1. The van der Waals surface area contributed by atoms with Crippen molar-refractivity contribution < 1.29 is 19.1 Å². The van der Waals surface area contributed by atoms with Crippen LogP contribution in [0.25, 0.3) is 0 Å². The molecule has 1 aliphatic rings. The molecule has 166 valence electrons. The van der Waals surface area contributed by atoms with Crippen molar-refractivity contribution >= 4 is 24.7 Å². The van der Waals surface area contributed by atoms with Crippen molar-refractivity contribution in [1.82, 2.24) is 0 Å². The third-order valence-corrected chi connectivity index (χ3v) is 8.39. The molecular formula is C22H38NO4PS. The minimum atomic E-state index is -4.03. The van der Waals surface area contributed by atoms with E-state index in [2.05, 4.69) is 0 Å². The molecule has 1 saturated carbocycles. The molecule has 1 fully saturated rings. The first-order valence-corrected chi connectivity index (χ1v) is 13.8. The van der Waals surface area contributed by atoms with E-state index in [1.54, 1.807) is 11.3 Å². The van der Waals surface area contributed by atoms with Gasteiger partial charge in [0.05, 0.1) is 11.0 Å². The van der Waals surface area contributed by atoms with E-state index in [1.807, 2.05) is 19.1 Å². The van der Waals surface area contributed by atoms with Crippen LogP contribution in [0.5, 0.6) is 0 Å². The molecule has 0 aromatic carbocycles. The predicted molar refractivity (Wildman–Crippen MR) is 121 cm³/mol. The Balaban J connectivity index is 1.72. The third-order valence-electron chi connectivity index (χ3n) is 6.40. The molecule has 1 aliphatic carbocycles. The van der Waals surface area contributed by atoms with Crippen molar-refractivity contribution in [2.24, 2.45) is 11.7 Å². The second kappa shape index (κ2) is 11.8. The maximum Gasteiger partial charge on any atom is 0.325 e. The second-order valence-electron chi connectivity index (χ2n) is 8.79. The van der Waals surface area contributed by atoms with Gasteiger partial charge in [-0.25, -0.2) is 0 Å². The SMILES string of the molecule is CCC(N)(CCc1ccc(C(=O)CCCCC2CCCCC2)s1)CCP(=O)(O)O. The van der Waals surface area contributed by atoms with E-state index in [-0.39, 0.29) is 11.9 Å². The van der Waals surface area contributed by atoms with Gasteiger partial charge in [-0.3, -0.25) is 9.36 Å². The molecule has 0 bridgehead atoms. The molecule has 1 atom stereocenters. The van der Waals surface area contributed by atoms with Crippen molar-refractivity contribution in [3.63, 3.8) is 0 Å². The van der Waals surface area contributed by atoms with Gasteiger partial charge in [0.15, 0.2) is 5.78 Å². The zero-order valence-corrected chi connectivity index (χ0v) is 19.5. The summed E-state index contributed by atoms with van der Waals surface area (Å²) in [6.07, 6.45) is 13.1. The number of aryl methyl sites for hydroxylation is 1. The molecule has 1 aromatic heterocycles. The summed E-state index contributed by atoms with van der Waals surface area (Å²) in [6, 6.07) is 3.92. The predicted octanol–water partition coefficient (Wildman–Crippen LogP) is 5.68. The largest absolute Gasteiger partial charge is 0.325 e. The highest BCUT2D eigenvalue weighted by Crippen LogP contribution is 2.38. The summed E-state index contributed by atoms with van der Waals surface area (Å²) in [5.41, 5.74) is 5.78. The number of rotatable bonds is 13. The van der Waals surface area contributed by atoms with Crippen LogP contribution in [0.4, 0.5) is 0 Å². The van der Waals surface area contributed by atoms with Crippen molar-refractivity contribution in [3.05, 3.63) is 21.9 Å². The zero-order chi connectivity index (χ0) is 21.3. The maximum atomic E-state index is 12.5. The highest BCUT2D eigenvalue weighted by molar-refractivity contribution is 7.51. The van der Waals surface area contributed by atoms with Gasteiger partial charge in [-0.2, -0.15) is 0 Å². The van der Waals surface area contributed by atoms with Crippen LogP contribution in [0.15, 0.2) is 12.1 Å². The van der Waals surface area contributed by atoms with Crippen LogP contribution in [0.3, 0.4) is 0 Å². The third kappa shape index (κ3) is 9.44. The molecule has 0 radical (unpaired) electrons. The van der Waals surface area contributed by atoms with Crippen molar-refractivity contribution in [2.75, 3.05) is 6.16 Å². The van der Waals surface area contributed by atoms with Gasteiger partial charge in [0.25, 0.3) is 0 Å². The number of nitrogens with two attached hydrogens (primary N) is 1. The molecule has 29 heavy (non-hydrogen) atoms. The topological polar surface area (TPSA) is 101 Å².